The van der Waals surface area contributed by atoms with Crippen LogP contribution in [-0.4, -0.2) is 41.9 Å². The van der Waals surface area contributed by atoms with Crippen molar-refractivity contribution in [1.29, 1.82) is 0 Å². The minimum atomic E-state index is -0.464. The van der Waals surface area contributed by atoms with Crippen LogP contribution in [0.4, 0.5) is 4.79 Å². The fourth-order valence-corrected chi connectivity index (χ4v) is 3.75. The molecule has 0 spiro atoms. The summed E-state index contributed by atoms with van der Waals surface area (Å²) < 4.78 is 0. The summed E-state index contributed by atoms with van der Waals surface area (Å²) in [6.45, 7) is 0.161. The zero-order chi connectivity index (χ0) is 17.8. The van der Waals surface area contributed by atoms with Gasteiger partial charge in [0.05, 0.1) is 5.92 Å². The molecule has 7 heteroatoms. The number of amides is 4. The van der Waals surface area contributed by atoms with Gasteiger partial charge in [-0.1, -0.05) is 42.6 Å². The second-order valence-electron chi connectivity index (χ2n) is 6.56. The fraction of sp³-hybridized carbons (Fsp3) is 0.500. The van der Waals surface area contributed by atoms with E-state index in [0.717, 1.165) is 36.1 Å². The number of benzene rings is 1. The molecule has 0 aromatic heterocycles. The number of hydrogen-bond acceptors (Lipinski definition) is 3. The Labute approximate surface area is 151 Å². The molecule has 2 N–H and O–H groups in total. The lowest BCUT2D eigenvalue weighted by atomic mass is 9.82. The Hall–Kier alpha value is -2.08. The van der Waals surface area contributed by atoms with Crippen molar-refractivity contribution in [2.45, 2.75) is 38.1 Å². The van der Waals surface area contributed by atoms with Crippen LogP contribution in [0.2, 0.25) is 5.02 Å². The molecule has 1 saturated carbocycles. The minimum Gasteiger partial charge on any atom is -0.354 e. The monoisotopic (exact) mass is 363 g/mol. The molecule has 3 rings (SSSR count). The number of rotatable bonds is 5. The van der Waals surface area contributed by atoms with E-state index >= 15 is 0 Å². The Bertz CT molecular complexity index is 679. The predicted octanol–water partition coefficient (Wildman–Crippen LogP) is 2.11. The number of hydrogen-bond donors (Lipinski definition) is 2. The van der Waals surface area contributed by atoms with Crippen LogP contribution >= 0.6 is 11.6 Å². The molecule has 134 valence electrons. The Morgan fingerprint density at radius 2 is 2.00 bits per heavy atom. The number of nitrogens with zero attached hydrogens (tertiary/aromatic N) is 1. The second-order valence-corrected chi connectivity index (χ2v) is 6.97. The molecular formula is C18H22ClN3O3. The van der Waals surface area contributed by atoms with Gasteiger partial charge in [0.2, 0.25) is 11.8 Å². The van der Waals surface area contributed by atoms with Crippen LogP contribution in [0.15, 0.2) is 24.3 Å². The van der Waals surface area contributed by atoms with Gasteiger partial charge in [-0.3, -0.25) is 14.5 Å². The van der Waals surface area contributed by atoms with Crippen molar-refractivity contribution >= 4 is 29.4 Å². The van der Waals surface area contributed by atoms with Crippen LogP contribution in [0, 0.1) is 5.92 Å². The van der Waals surface area contributed by atoms with Gasteiger partial charge in [-0.15, -0.1) is 0 Å². The normalized spacial score (nSPS) is 23.0. The minimum absolute atomic E-state index is 0.0757. The van der Waals surface area contributed by atoms with E-state index in [1.165, 1.54) is 0 Å². The van der Waals surface area contributed by atoms with Crippen molar-refractivity contribution in [3.8, 4) is 0 Å². The molecule has 2 unspecified atom stereocenters. The maximum absolute atomic E-state index is 12.5. The molecule has 0 radical (unpaired) electrons. The van der Waals surface area contributed by atoms with Crippen molar-refractivity contribution in [1.82, 2.24) is 15.5 Å². The molecule has 25 heavy (non-hydrogen) atoms. The zero-order valence-corrected chi connectivity index (χ0v) is 14.7. The van der Waals surface area contributed by atoms with E-state index in [4.69, 9.17) is 11.6 Å². The van der Waals surface area contributed by atoms with Gasteiger partial charge >= 0.3 is 6.03 Å². The number of urea groups is 1. The van der Waals surface area contributed by atoms with Gasteiger partial charge in [-0.2, -0.15) is 0 Å². The molecule has 1 heterocycles. The van der Waals surface area contributed by atoms with Crippen LogP contribution in [0.1, 0.15) is 31.2 Å². The molecule has 1 aromatic rings. The summed E-state index contributed by atoms with van der Waals surface area (Å²) in [5.41, 5.74) is 0.946. The van der Waals surface area contributed by atoms with Gasteiger partial charge in [-0.05, 0) is 30.9 Å². The van der Waals surface area contributed by atoms with Gasteiger partial charge in [0, 0.05) is 17.6 Å². The number of nitrogens with one attached hydrogen (secondary N) is 2. The zero-order valence-electron chi connectivity index (χ0n) is 14.0. The van der Waals surface area contributed by atoms with Crippen molar-refractivity contribution in [2.75, 3.05) is 13.1 Å². The summed E-state index contributed by atoms with van der Waals surface area (Å²) in [6, 6.07) is 6.90. The molecular weight excluding hydrogens is 342 g/mol. The van der Waals surface area contributed by atoms with Crippen LogP contribution in [0.3, 0.4) is 0 Å². The standard InChI is InChI=1S/C18H22ClN3O3/c19-14-7-3-1-5-12(14)9-10-20-16(23)11-22-17(24)13-6-2-4-8-15(13)21-18(22)25/h1,3,5,7,13,15H,2,4,6,8-11H2,(H,20,23)(H,21,25). The lowest BCUT2D eigenvalue weighted by molar-refractivity contribution is -0.139. The number of carbonyl (C=O) groups is 3. The van der Waals surface area contributed by atoms with Crippen molar-refractivity contribution in [3.05, 3.63) is 34.9 Å². The second kappa shape index (κ2) is 7.87. The van der Waals surface area contributed by atoms with Crippen molar-refractivity contribution in [3.63, 3.8) is 0 Å². The topological polar surface area (TPSA) is 78.5 Å². The molecule has 4 amide bonds. The molecule has 0 bridgehead atoms. The first-order chi connectivity index (χ1) is 12.1. The Morgan fingerprint density at radius 1 is 1.24 bits per heavy atom. The SMILES string of the molecule is O=C(CN1C(=O)NC2CCCCC2C1=O)NCCc1ccccc1Cl. The summed E-state index contributed by atoms with van der Waals surface area (Å²) in [5.74, 6) is -0.762. The summed E-state index contributed by atoms with van der Waals surface area (Å²) >= 11 is 6.08. The van der Waals surface area contributed by atoms with E-state index in [-0.39, 0.29) is 30.3 Å². The smallest absolute Gasteiger partial charge is 0.324 e. The van der Waals surface area contributed by atoms with Crippen molar-refractivity contribution < 1.29 is 14.4 Å². The maximum atomic E-state index is 12.5. The lowest BCUT2D eigenvalue weighted by Crippen LogP contribution is -2.62. The first-order valence-corrected chi connectivity index (χ1v) is 9.06. The third-order valence-corrected chi connectivity index (χ3v) is 5.25. The highest BCUT2D eigenvalue weighted by atomic mass is 35.5. The van der Waals surface area contributed by atoms with E-state index in [9.17, 15) is 14.4 Å². The quantitative estimate of drug-likeness (QED) is 0.841. The Morgan fingerprint density at radius 3 is 2.80 bits per heavy atom. The average molecular weight is 364 g/mol. The highest BCUT2D eigenvalue weighted by molar-refractivity contribution is 6.31. The largest absolute Gasteiger partial charge is 0.354 e. The van der Waals surface area contributed by atoms with Gasteiger partial charge in [0.25, 0.3) is 0 Å². The number of carbonyl (C=O) groups excluding carboxylic acids is 3. The van der Waals surface area contributed by atoms with Gasteiger partial charge < -0.3 is 10.6 Å². The maximum Gasteiger partial charge on any atom is 0.324 e. The van der Waals surface area contributed by atoms with Gasteiger partial charge in [-0.25, -0.2) is 4.79 Å². The first kappa shape index (κ1) is 17.7. The molecule has 1 saturated heterocycles. The molecule has 1 aliphatic heterocycles. The van der Waals surface area contributed by atoms with E-state index in [1.54, 1.807) is 6.07 Å². The summed E-state index contributed by atoms with van der Waals surface area (Å²) in [7, 11) is 0. The van der Waals surface area contributed by atoms with E-state index in [1.807, 2.05) is 18.2 Å². The van der Waals surface area contributed by atoms with E-state index in [2.05, 4.69) is 10.6 Å². The highest BCUT2D eigenvalue weighted by Crippen LogP contribution is 2.29. The molecule has 6 nitrogen and oxygen atoms in total. The predicted molar refractivity (Wildman–Crippen MR) is 94.2 cm³/mol. The Kier molecular flexibility index (Phi) is 5.58. The number of imide groups is 1. The van der Waals surface area contributed by atoms with Gasteiger partial charge in [0.1, 0.15) is 6.54 Å². The van der Waals surface area contributed by atoms with E-state index in [0.29, 0.717) is 18.0 Å². The van der Waals surface area contributed by atoms with Crippen LogP contribution in [0.5, 0.6) is 0 Å². The molecule has 2 fully saturated rings. The van der Waals surface area contributed by atoms with Crippen molar-refractivity contribution in [2.24, 2.45) is 5.92 Å². The third-order valence-electron chi connectivity index (χ3n) is 4.88. The lowest BCUT2D eigenvalue weighted by Gasteiger charge is -2.39. The number of fused-ring (bicyclic) bond motifs is 1. The number of halogens is 1. The highest BCUT2D eigenvalue weighted by Gasteiger charge is 2.42. The van der Waals surface area contributed by atoms with E-state index < -0.39 is 6.03 Å². The molecule has 2 atom stereocenters. The molecule has 2 aliphatic rings. The fourth-order valence-electron chi connectivity index (χ4n) is 3.52. The van der Waals surface area contributed by atoms with Gasteiger partial charge in [0.15, 0.2) is 0 Å². The van der Waals surface area contributed by atoms with Crippen LogP contribution < -0.4 is 10.6 Å². The summed E-state index contributed by atoms with van der Waals surface area (Å²) in [5, 5.41) is 6.27. The Balaban J connectivity index is 1.51. The summed E-state index contributed by atoms with van der Waals surface area (Å²) in [6.07, 6.45) is 4.21. The summed E-state index contributed by atoms with van der Waals surface area (Å²) in [4.78, 5) is 37.8. The first-order valence-electron chi connectivity index (χ1n) is 8.68. The average Bonchev–Trinajstić information content (AvgIpc) is 2.60. The third kappa shape index (κ3) is 4.12. The molecule has 1 aromatic carbocycles. The molecule has 1 aliphatic carbocycles. The van der Waals surface area contributed by atoms with Crippen LogP contribution in [0.25, 0.3) is 0 Å². The van der Waals surface area contributed by atoms with Crippen LogP contribution in [-0.2, 0) is 16.0 Å².